The van der Waals surface area contributed by atoms with Gasteiger partial charge in [0.25, 0.3) is 5.69 Å². The number of alkyl halides is 1. The van der Waals surface area contributed by atoms with Crippen molar-refractivity contribution in [3.05, 3.63) is 34.4 Å². The van der Waals surface area contributed by atoms with Crippen LogP contribution < -0.4 is 4.74 Å². The first kappa shape index (κ1) is 12.3. The highest BCUT2D eigenvalue weighted by Crippen LogP contribution is 2.17. The number of aliphatic carboxylic acids is 1. The van der Waals surface area contributed by atoms with Crippen molar-refractivity contribution in [1.29, 1.82) is 0 Å². The van der Waals surface area contributed by atoms with Crippen LogP contribution >= 0.6 is 11.6 Å². The van der Waals surface area contributed by atoms with E-state index in [-0.39, 0.29) is 12.3 Å². The number of nitro benzene ring substituents is 1. The Balaban J connectivity index is 2.56. The maximum absolute atomic E-state index is 10.4. The van der Waals surface area contributed by atoms with Crippen molar-refractivity contribution in [3.63, 3.8) is 0 Å². The highest BCUT2D eigenvalue weighted by atomic mass is 35.5. The number of non-ortho nitro benzene ring substituents is 1. The molecule has 86 valence electrons. The highest BCUT2D eigenvalue weighted by Gasteiger charge is 2.14. The number of hydrogen-bond acceptors (Lipinski definition) is 4. The van der Waals surface area contributed by atoms with Crippen LogP contribution in [0.25, 0.3) is 0 Å². The largest absolute Gasteiger partial charge is 0.491 e. The first-order chi connectivity index (χ1) is 7.50. The van der Waals surface area contributed by atoms with Crippen LogP contribution in [0.5, 0.6) is 5.75 Å². The second-order valence-corrected chi connectivity index (χ2v) is 3.39. The van der Waals surface area contributed by atoms with E-state index < -0.39 is 16.3 Å². The summed E-state index contributed by atoms with van der Waals surface area (Å²) >= 11 is 5.41. The molecule has 0 saturated carbocycles. The van der Waals surface area contributed by atoms with Gasteiger partial charge < -0.3 is 9.84 Å². The van der Waals surface area contributed by atoms with Crippen LogP contribution in [0.15, 0.2) is 24.3 Å². The molecule has 0 aliphatic heterocycles. The van der Waals surface area contributed by atoms with Crippen molar-refractivity contribution in [2.75, 3.05) is 6.61 Å². The Labute approximate surface area is 95.6 Å². The summed E-state index contributed by atoms with van der Waals surface area (Å²) in [6.45, 7) is -0.200. The van der Waals surface area contributed by atoms with E-state index in [1.165, 1.54) is 24.3 Å². The number of benzene rings is 1. The van der Waals surface area contributed by atoms with E-state index in [1.807, 2.05) is 0 Å². The second kappa shape index (κ2) is 5.32. The average molecular weight is 246 g/mol. The van der Waals surface area contributed by atoms with E-state index in [0.29, 0.717) is 5.75 Å². The zero-order valence-electron chi connectivity index (χ0n) is 8.00. The van der Waals surface area contributed by atoms with Crippen LogP contribution in [-0.4, -0.2) is 28.0 Å². The fourth-order valence-corrected chi connectivity index (χ4v) is 0.968. The Bertz CT molecular complexity index is 391. The summed E-state index contributed by atoms with van der Waals surface area (Å²) in [4.78, 5) is 20.2. The number of carbonyl (C=O) groups is 1. The lowest BCUT2D eigenvalue weighted by Crippen LogP contribution is -2.21. The Morgan fingerprint density at radius 3 is 2.50 bits per heavy atom. The number of nitrogens with zero attached hydrogens (tertiary/aromatic N) is 1. The maximum atomic E-state index is 10.4. The van der Waals surface area contributed by atoms with Gasteiger partial charge in [0.2, 0.25) is 0 Å². The first-order valence-electron chi connectivity index (χ1n) is 4.25. The summed E-state index contributed by atoms with van der Waals surface area (Å²) in [6.07, 6.45) is 0. The van der Waals surface area contributed by atoms with E-state index in [9.17, 15) is 14.9 Å². The van der Waals surface area contributed by atoms with Crippen molar-refractivity contribution in [2.24, 2.45) is 0 Å². The minimum atomic E-state index is -1.18. The summed E-state index contributed by atoms with van der Waals surface area (Å²) in [7, 11) is 0. The van der Waals surface area contributed by atoms with Gasteiger partial charge in [0, 0.05) is 12.1 Å². The third kappa shape index (κ3) is 3.39. The summed E-state index contributed by atoms with van der Waals surface area (Å²) in [5, 5.41) is 17.7. The van der Waals surface area contributed by atoms with E-state index in [0.717, 1.165) is 0 Å². The molecule has 1 rings (SSSR count). The molecule has 0 bridgehead atoms. The molecule has 0 aliphatic carbocycles. The molecule has 1 aromatic rings. The molecule has 0 fully saturated rings. The smallest absolute Gasteiger partial charge is 0.325 e. The van der Waals surface area contributed by atoms with Crippen LogP contribution in [0, 0.1) is 10.1 Å². The summed E-state index contributed by atoms with van der Waals surface area (Å²) < 4.78 is 5.03. The zero-order chi connectivity index (χ0) is 12.1. The summed E-state index contributed by atoms with van der Waals surface area (Å²) in [5.74, 6) is -0.846. The lowest BCUT2D eigenvalue weighted by Gasteiger charge is -2.07. The van der Waals surface area contributed by atoms with Crippen molar-refractivity contribution in [2.45, 2.75) is 5.38 Å². The minimum absolute atomic E-state index is 0.0620. The third-order valence-corrected chi connectivity index (χ3v) is 2.02. The SMILES string of the molecule is O=C(O)C(Cl)COc1ccc([N+](=O)[O-])cc1. The predicted molar refractivity (Wildman–Crippen MR) is 55.9 cm³/mol. The Morgan fingerprint density at radius 1 is 1.50 bits per heavy atom. The molecule has 1 aromatic carbocycles. The zero-order valence-corrected chi connectivity index (χ0v) is 8.76. The summed E-state index contributed by atoms with van der Waals surface area (Å²) in [5.41, 5.74) is -0.0620. The molecule has 0 aliphatic rings. The predicted octanol–water partition coefficient (Wildman–Crippen LogP) is 1.67. The maximum Gasteiger partial charge on any atom is 0.325 e. The molecule has 0 heterocycles. The molecule has 6 nitrogen and oxygen atoms in total. The number of hydrogen-bond donors (Lipinski definition) is 1. The molecule has 1 N–H and O–H groups in total. The van der Waals surface area contributed by atoms with E-state index >= 15 is 0 Å². The molecule has 7 heteroatoms. The topological polar surface area (TPSA) is 89.7 Å². The molecule has 1 unspecified atom stereocenters. The van der Waals surface area contributed by atoms with Crippen molar-refractivity contribution in [3.8, 4) is 5.75 Å². The van der Waals surface area contributed by atoms with Gasteiger partial charge in [-0.2, -0.15) is 0 Å². The molecule has 16 heavy (non-hydrogen) atoms. The van der Waals surface area contributed by atoms with E-state index in [1.54, 1.807) is 0 Å². The normalized spacial score (nSPS) is 11.8. The number of halogens is 1. The molecular formula is C9H8ClNO5. The lowest BCUT2D eigenvalue weighted by molar-refractivity contribution is -0.384. The number of carboxylic acid groups (broad SMARTS) is 1. The second-order valence-electron chi connectivity index (χ2n) is 2.87. The third-order valence-electron chi connectivity index (χ3n) is 1.71. The number of rotatable bonds is 5. The Kier molecular flexibility index (Phi) is 4.07. The average Bonchev–Trinajstić information content (AvgIpc) is 2.26. The van der Waals surface area contributed by atoms with Crippen molar-refractivity contribution < 1.29 is 19.6 Å². The molecule has 1 atom stereocenters. The molecular weight excluding hydrogens is 238 g/mol. The molecule has 0 radical (unpaired) electrons. The molecule has 0 saturated heterocycles. The molecule has 0 spiro atoms. The van der Waals surface area contributed by atoms with Gasteiger partial charge >= 0.3 is 5.97 Å². The van der Waals surface area contributed by atoms with E-state index in [2.05, 4.69) is 0 Å². The molecule has 0 amide bonds. The van der Waals surface area contributed by atoms with Gasteiger partial charge in [0.1, 0.15) is 12.4 Å². The van der Waals surface area contributed by atoms with Gasteiger partial charge in [-0.05, 0) is 12.1 Å². The van der Waals surface area contributed by atoms with Gasteiger partial charge in [0.05, 0.1) is 4.92 Å². The monoisotopic (exact) mass is 245 g/mol. The fourth-order valence-electron chi connectivity index (χ4n) is 0.905. The quantitative estimate of drug-likeness (QED) is 0.484. The van der Waals surface area contributed by atoms with Crippen LogP contribution in [0.4, 0.5) is 5.69 Å². The van der Waals surface area contributed by atoms with Crippen molar-refractivity contribution in [1.82, 2.24) is 0 Å². The first-order valence-corrected chi connectivity index (χ1v) is 4.68. The van der Waals surface area contributed by atoms with Gasteiger partial charge in [-0.3, -0.25) is 14.9 Å². The number of ether oxygens (including phenoxy) is 1. The van der Waals surface area contributed by atoms with Gasteiger partial charge in [-0.15, -0.1) is 11.6 Å². The standard InChI is InChI=1S/C9H8ClNO5/c10-8(9(12)13)5-16-7-3-1-6(2-4-7)11(14)15/h1-4,8H,5H2,(H,12,13). The Hall–Kier alpha value is -1.82. The number of nitro groups is 1. The van der Waals surface area contributed by atoms with Crippen molar-refractivity contribution >= 4 is 23.3 Å². The van der Waals surface area contributed by atoms with Gasteiger partial charge in [0.15, 0.2) is 5.38 Å². The summed E-state index contributed by atoms with van der Waals surface area (Å²) in [6, 6.07) is 5.28. The van der Waals surface area contributed by atoms with Crippen LogP contribution in [0.3, 0.4) is 0 Å². The van der Waals surface area contributed by atoms with Gasteiger partial charge in [-0.25, -0.2) is 0 Å². The minimum Gasteiger partial charge on any atom is -0.491 e. The van der Waals surface area contributed by atoms with Crippen LogP contribution in [0.1, 0.15) is 0 Å². The number of carboxylic acids is 1. The fraction of sp³-hybridized carbons (Fsp3) is 0.222. The van der Waals surface area contributed by atoms with Gasteiger partial charge in [-0.1, -0.05) is 0 Å². The molecule has 0 aromatic heterocycles. The van der Waals surface area contributed by atoms with Crippen LogP contribution in [-0.2, 0) is 4.79 Å². The van der Waals surface area contributed by atoms with E-state index in [4.69, 9.17) is 21.4 Å². The Morgan fingerprint density at radius 2 is 2.06 bits per heavy atom. The van der Waals surface area contributed by atoms with Crippen LogP contribution in [0.2, 0.25) is 0 Å². The highest BCUT2D eigenvalue weighted by molar-refractivity contribution is 6.29. The lowest BCUT2D eigenvalue weighted by atomic mass is 10.3.